The third-order valence-corrected chi connectivity index (χ3v) is 4.48. The summed E-state index contributed by atoms with van der Waals surface area (Å²) in [5.74, 6) is -0.0567. The Morgan fingerprint density at radius 3 is 2.61 bits per heavy atom. The molecule has 120 valence electrons. The van der Waals surface area contributed by atoms with E-state index >= 15 is 0 Å². The van der Waals surface area contributed by atoms with Crippen molar-refractivity contribution >= 4 is 46.4 Å². The largest absolute Gasteiger partial charge is 0.359 e. The van der Waals surface area contributed by atoms with Gasteiger partial charge in [-0.2, -0.15) is 9.78 Å². The second-order valence-corrected chi connectivity index (χ2v) is 6.12. The highest BCUT2D eigenvalue weighted by Gasteiger charge is 2.19. The minimum absolute atomic E-state index is 0.0567. The summed E-state index contributed by atoms with van der Waals surface area (Å²) in [6, 6.07) is 5.03. The number of rotatable bonds is 2. The molecule has 1 fully saturated rings. The Balaban J connectivity index is 1.98. The van der Waals surface area contributed by atoms with Crippen LogP contribution in [-0.4, -0.2) is 35.3 Å². The summed E-state index contributed by atoms with van der Waals surface area (Å²) in [5, 5.41) is 7.11. The molecule has 1 aliphatic heterocycles. The highest BCUT2D eigenvalue weighted by molar-refractivity contribution is 6.41. The predicted molar refractivity (Wildman–Crippen MR) is 90.1 cm³/mol. The van der Waals surface area contributed by atoms with Gasteiger partial charge in [0.15, 0.2) is 0 Å². The van der Waals surface area contributed by atoms with Gasteiger partial charge in [0.2, 0.25) is 5.91 Å². The van der Waals surface area contributed by atoms with Gasteiger partial charge >= 0.3 is 0 Å². The standard InChI is InChI=1S/C14H11Cl3N4O2/c15-9-5-8(21-14(23)13(17)10(16)6-19-21)1-2-11(9)20-4-3-18-12(22)7-20/h1-2,5-6H,3-4,7H2,(H,18,22). The molecule has 0 aliphatic carbocycles. The molecule has 23 heavy (non-hydrogen) atoms. The number of hydrogen-bond donors (Lipinski definition) is 1. The fraction of sp³-hybridized carbons (Fsp3) is 0.214. The van der Waals surface area contributed by atoms with E-state index in [0.29, 0.717) is 23.8 Å². The minimum atomic E-state index is -0.527. The van der Waals surface area contributed by atoms with E-state index in [4.69, 9.17) is 34.8 Å². The monoisotopic (exact) mass is 372 g/mol. The number of nitrogens with zero attached hydrogens (tertiary/aromatic N) is 3. The zero-order valence-electron chi connectivity index (χ0n) is 11.7. The Bertz CT molecular complexity index is 837. The number of benzene rings is 1. The van der Waals surface area contributed by atoms with Gasteiger partial charge in [-0.25, -0.2) is 0 Å². The molecule has 0 spiro atoms. The fourth-order valence-corrected chi connectivity index (χ4v) is 2.87. The van der Waals surface area contributed by atoms with Crippen LogP contribution in [0.15, 0.2) is 29.2 Å². The lowest BCUT2D eigenvalue weighted by atomic mass is 10.2. The molecule has 1 aromatic heterocycles. The topological polar surface area (TPSA) is 67.2 Å². The van der Waals surface area contributed by atoms with Gasteiger partial charge in [-0.1, -0.05) is 34.8 Å². The summed E-state index contributed by atoms with van der Waals surface area (Å²) in [4.78, 5) is 25.5. The van der Waals surface area contributed by atoms with Gasteiger partial charge in [0.25, 0.3) is 5.56 Å². The minimum Gasteiger partial charge on any atom is -0.359 e. The lowest BCUT2D eigenvalue weighted by Crippen LogP contribution is -2.47. The summed E-state index contributed by atoms with van der Waals surface area (Å²) in [6.45, 7) is 1.46. The molecule has 0 saturated carbocycles. The van der Waals surface area contributed by atoms with Gasteiger partial charge in [0.1, 0.15) is 5.02 Å². The number of carbonyl (C=O) groups excluding carboxylic acids is 1. The van der Waals surface area contributed by atoms with E-state index in [1.54, 1.807) is 18.2 Å². The maximum atomic E-state index is 12.1. The Morgan fingerprint density at radius 2 is 1.91 bits per heavy atom. The van der Waals surface area contributed by atoms with Crippen molar-refractivity contribution in [2.24, 2.45) is 0 Å². The van der Waals surface area contributed by atoms with Crippen LogP contribution in [0.3, 0.4) is 0 Å². The Morgan fingerprint density at radius 1 is 1.13 bits per heavy atom. The number of piperazine rings is 1. The molecule has 1 aliphatic rings. The Kier molecular flexibility index (Phi) is 4.48. The lowest BCUT2D eigenvalue weighted by Gasteiger charge is -2.29. The molecule has 2 aromatic rings. The second-order valence-electron chi connectivity index (χ2n) is 4.93. The predicted octanol–water partition coefficient (Wildman–Crippen LogP) is 2.13. The molecule has 2 heterocycles. The summed E-state index contributed by atoms with van der Waals surface area (Å²) in [7, 11) is 0. The molecule has 1 saturated heterocycles. The molecule has 6 nitrogen and oxygen atoms in total. The smallest absolute Gasteiger partial charge is 0.291 e. The maximum absolute atomic E-state index is 12.1. The number of anilines is 1. The van der Waals surface area contributed by atoms with Gasteiger partial charge < -0.3 is 10.2 Å². The van der Waals surface area contributed by atoms with Crippen LogP contribution in [0, 0.1) is 0 Å². The molecular weight excluding hydrogens is 363 g/mol. The van der Waals surface area contributed by atoms with E-state index < -0.39 is 5.56 Å². The summed E-state index contributed by atoms with van der Waals surface area (Å²) in [5.41, 5.74) is 0.655. The van der Waals surface area contributed by atoms with E-state index in [1.807, 2.05) is 4.90 Å². The van der Waals surface area contributed by atoms with Gasteiger partial charge in [0.05, 0.1) is 34.2 Å². The second kappa shape index (κ2) is 6.39. The number of hydrogen-bond acceptors (Lipinski definition) is 4. The van der Waals surface area contributed by atoms with Crippen molar-refractivity contribution in [2.45, 2.75) is 0 Å². The lowest BCUT2D eigenvalue weighted by molar-refractivity contribution is -0.120. The first-order chi connectivity index (χ1) is 11.0. The van der Waals surface area contributed by atoms with Crippen molar-refractivity contribution in [3.05, 3.63) is 49.8 Å². The third-order valence-electron chi connectivity index (χ3n) is 3.43. The van der Waals surface area contributed by atoms with Gasteiger partial charge in [0, 0.05) is 13.1 Å². The zero-order valence-corrected chi connectivity index (χ0v) is 14.0. The van der Waals surface area contributed by atoms with E-state index in [9.17, 15) is 9.59 Å². The van der Waals surface area contributed by atoms with E-state index in [-0.39, 0.29) is 22.5 Å². The van der Waals surface area contributed by atoms with Crippen molar-refractivity contribution in [2.75, 3.05) is 24.5 Å². The van der Waals surface area contributed by atoms with Crippen molar-refractivity contribution in [3.8, 4) is 5.69 Å². The number of carbonyl (C=O) groups is 1. The van der Waals surface area contributed by atoms with Crippen LogP contribution in [0.5, 0.6) is 0 Å². The SMILES string of the molecule is O=C1CN(c2ccc(-n3ncc(Cl)c(Cl)c3=O)cc2Cl)CCN1. The molecule has 0 atom stereocenters. The fourth-order valence-electron chi connectivity index (χ4n) is 2.32. The van der Waals surface area contributed by atoms with Crippen molar-refractivity contribution in [1.82, 2.24) is 15.1 Å². The first-order valence-electron chi connectivity index (χ1n) is 6.72. The first-order valence-corrected chi connectivity index (χ1v) is 7.85. The number of nitrogens with one attached hydrogen (secondary N) is 1. The third kappa shape index (κ3) is 3.15. The molecule has 3 rings (SSSR count). The average molecular weight is 374 g/mol. The highest BCUT2D eigenvalue weighted by Crippen LogP contribution is 2.28. The van der Waals surface area contributed by atoms with Crippen LogP contribution >= 0.6 is 34.8 Å². The highest BCUT2D eigenvalue weighted by atomic mass is 35.5. The molecule has 0 bridgehead atoms. The van der Waals surface area contributed by atoms with E-state index in [2.05, 4.69) is 10.4 Å². The molecule has 1 aromatic carbocycles. The Hall–Kier alpha value is -1.76. The molecule has 0 radical (unpaired) electrons. The van der Waals surface area contributed by atoms with Crippen LogP contribution in [0.2, 0.25) is 15.1 Å². The van der Waals surface area contributed by atoms with Gasteiger partial charge in [-0.15, -0.1) is 0 Å². The summed E-state index contributed by atoms with van der Waals surface area (Å²) in [6.07, 6.45) is 1.29. The maximum Gasteiger partial charge on any atom is 0.291 e. The summed E-state index contributed by atoms with van der Waals surface area (Å²) >= 11 is 17.9. The average Bonchev–Trinajstić information content (AvgIpc) is 2.53. The zero-order chi connectivity index (χ0) is 16.6. The molecule has 1 N–H and O–H groups in total. The van der Waals surface area contributed by atoms with Crippen molar-refractivity contribution in [1.29, 1.82) is 0 Å². The number of amides is 1. The van der Waals surface area contributed by atoms with E-state index in [0.717, 1.165) is 10.4 Å². The van der Waals surface area contributed by atoms with Crippen molar-refractivity contribution < 1.29 is 4.79 Å². The Labute approximate surface area is 146 Å². The van der Waals surface area contributed by atoms with Crippen LogP contribution in [0.25, 0.3) is 5.69 Å². The quantitative estimate of drug-likeness (QED) is 0.876. The van der Waals surface area contributed by atoms with Crippen LogP contribution in [0.4, 0.5) is 5.69 Å². The van der Waals surface area contributed by atoms with Gasteiger partial charge in [-0.05, 0) is 18.2 Å². The van der Waals surface area contributed by atoms with Crippen LogP contribution < -0.4 is 15.8 Å². The molecular formula is C14H11Cl3N4O2. The number of aromatic nitrogens is 2. The number of halogens is 3. The van der Waals surface area contributed by atoms with Crippen molar-refractivity contribution in [3.63, 3.8) is 0 Å². The molecule has 9 heteroatoms. The van der Waals surface area contributed by atoms with Crippen LogP contribution in [-0.2, 0) is 4.79 Å². The summed E-state index contributed by atoms with van der Waals surface area (Å²) < 4.78 is 1.12. The van der Waals surface area contributed by atoms with Gasteiger partial charge in [-0.3, -0.25) is 9.59 Å². The first kappa shape index (κ1) is 16.1. The molecule has 0 unspecified atom stereocenters. The van der Waals surface area contributed by atoms with E-state index in [1.165, 1.54) is 6.20 Å². The van der Waals surface area contributed by atoms with Crippen LogP contribution in [0.1, 0.15) is 0 Å². The normalized spacial score (nSPS) is 14.7. The molecule has 1 amide bonds.